The van der Waals surface area contributed by atoms with Crippen LogP contribution < -0.4 is 4.72 Å². The first-order chi connectivity index (χ1) is 5.93. The first kappa shape index (κ1) is 10.4. The lowest BCUT2D eigenvalue weighted by Crippen LogP contribution is -2.27. The van der Waals surface area contributed by atoms with Gasteiger partial charge in [0.1, 0.15) is 0 Å². The van der Waals surface area contributed by atoms with Crippen molar-refractivity contribution in [1.82, 2.24) is 9.62 Å². The molecule has 2 nitrogen and oxygen atoms in total. The van der Waals surface area contributed by atoms with Crippen molar-refractivity contribution < 1.29 is 0 Å². The van der Waals surface area contributed by atoms with Gasteiger partial charge >= 0.3 is 0 Å². The number of rotatable bonds is 4. The largest absolute Gasteiger partial charge is 0.705 e. The van der Waals surface area contributed by atoms with Crippen LogP contribution in [0.25, 0.3) is 0 Å². The summed E-state index contributed by atoms with van der Waals surface area (Å²) in [6, 6.07) is 0. The second-order valence-electron chi connectivity index (χ2n) is 3.50. The van der Waals surface area contributed by atoms with Gasteiger partial charge in [0, 0.05) is 0 Å². The SMILES string of the molecule is [S-]NCCCN1CCCCCC1. The van der Waals surface area contributed by atoms with E-state index >= 15 is 0 Å². The van der Waals surface area contributed by atoms with Crippen molar-refractivity contribution in [3.05, 3.63) is 0 Å². The summed E-state index contributed by atoms with van der Waals surface area (Å²) in [5.41, 5.74) is 0. The fraction of sp³-hybridized carbons (Fsp3) is 1.00. The Balaban J connectivity index is 2.04. The van der Waals surface area contributed by atoms with Crippen molar-refractivity contribution in [2.45, 2.75) is 32.1 Å². The highest BCUT2D eigenvalue weighted by Gasteiger charge is 2.06. The summed E-state index contributed by atoms with van der Waals surface area (Å²) in [6.07, 6.45) is 6.83. The zero-order valence-electron chi connectivity index (χ0n) is 7.72. The Morgan fingerprint density at radius 2 is 1.75 bits per heavy atom. The van der Waals surface area contributed by atoms with Crippen LogP contribution >= 0.6 is 0 Å². The predicted octanol–water partition coefficient (Wildman–Crippen LogP) is 1.30. The van der Waals surface area contributed by atoms with Crippen LogP contribution in [0.2, 0.25) is 0 Å². The second-order valence-corrected chi connectivity index (χ2v) is 3.79. The van der Waals surface area contributed by atoms with Gasteiger partial charge in [-0.2, -0.15) is 0 Å². The van der Waals surface area contributed by atoms with E-state index in [4.69, 9.17) is 0 Å². The molecule has 3 heteroatoms. The topological polar surface area (TPSA) is 15.3 Å². The van der Waals surface area contributed by atoms with Crippen LogP contribution in [0.4, 0.5) is 0 Å². The third kappa shape index (κ3) is 4.33. The van der Waals surface area contributed by atoms with E-state index in [1.54, 1.807) is 0 Å². The van der Waals surface area contributed by atoms with Gasteiger partial charge in [-0.1, -0.05) is 12.8 Å². The Morgan fingerprint density at radius 1 is 1.08 bits per heavy atom. The third-order valence-corrected chi connectivity index (χ3v) is 2.66. The minimum absolute atomic E-state index is 0.978. The van der Waals surface area contributed by atoms with Gasteiger partial charge in [-0.25, -0.2) is 0 Å². The minimum Gasteiger partial charge on any atom is -0.705 e. The van der Waals surface area contributed by atoms with E-state index in [0.717, 1.165) is 6.54 Å². The number of likely N-dealkylation sites (tertiary alicyclic amines) is 1. The minimum atomic E-state index is 0.978. The van der Waals surface area contributed by atoms with Crippen molar-refractivity contribution in [1.29, 1.82) is 0 Å². The van der Waals surface area contributed by atoms with E-state index in [9.17, 15) is 0 Å². The summed E-state index contributed by atoms with van der Waals surface area (Å²) in [5.74, 6) is 0. The average Bonchev–Trinajstić information content (AvgIpc) is 2.33. The molecule has 0 amide bonds. The monoisotopic (exact) mass is 187 g/mol. The average molecular weight is 187 g/mol. The molecular weight excluding hydrogens is 168 g/mol. The smallest absolute Gasteiger partial charge is 0.000725 e. The summed E-state index contributed by atoms with van der Waals surface area (Å²) in [7, 11) is 0. The van der Waals surface area contributed by atoms with E-state index in [1.807, 2.05) is 0 Å². The summed E-state index contributed by atoms with van der Waals surface area (Å²) in [4.78, 5) is 2.57. The lowest BCUT2D eigenvalue weighted by atomic mass is 10.2. The summed E-state index contributed by atoms with van der Waals surface area (Å²) in [5, 5.41) is 0. The Morgan fingerprint density at radius 3 is 2.33 bits per heavy atom. The van der Waals surface area contributed by atoms with Crippen LogP contribution in [0.5, 0.6) is 0 Å². The van der Waals surface area contributed by atoms with E-state index in [2.05, 4.69) is 22.4 Å². The van der Waals surface area contributed by atoms with Crippen LogP contribution in [0.15, 0.2) is 0 Å². The molecule has 0 unspecified atom stereocenters. The molecular formula is C9H19N2S-. The van der Waals surface area contributed by atoms with Gasteiger partial charge in [0.2, 0.25) is 0 Å². The number of nitrogens with zero attached hydrogens (tertiary/aromatic N) is 1. The molecule has 1 aliphatic heterocycles. The molecule has 0 aromatic heterocycles. The Labute approximate surface area is 81.3 Å². The molecule has 0 saturated carbocycles. The molecule has 1 N–H and O–H groups in total. The van der Waals surface area contributed by atoms with Gasteiger partial charge in [0.05, 0.1) is 0 Å². The predicted molar refractivity (Wildman–Crippen MR) is 54.9 cm³/mol. The summed E-state index contributed by atoms with van der Waals surface area (Å²) < 4.78 is 2.78. The molecule has 1 rings (SSSR count). The standard InChI is InChI=1S/C9H19N2S/c12-10-6-5-9-11-7-3-1-2-4-8-11/h10H,1-9H2/q-1. The zero-order valence-corrected chi connectivity index (χ0v) is 8.54. The van der Waals surface area contributed by atoms with Crippen molar-refractivity contribution in [2.24, 2.45) is 0 Å². The van der Waals surface area contributed by atoms with Crippen molar-refractivity contribution in [2.75, 3.05) is 26.2 Å². The van der Waals surface area contributed by atoms with E-state index < -0.39 is 0 Å². The second kappa shape index (κ2) is 6.75. The quantitative estimate of drug-likeness (QED) is 0.527. The van der Waals surface area contributed by atoms with Crippen LogP contribution in [-0.2, 0) is 12.8 Å². The van der Waals surface area contributed by atoms with Gasteiger partial charge in [0.15, 0.2) is 0 Å². The van der Waals surface area contributed by atoms with Gasteiger partial charge in [-0.3, -0.25) is 0 Å². The molecule has 0 bridgehead atoms. The third-order valence-electron chi connectivity index (χ3n) is 2.45. The maximum atomic E-state index is 4.68. The van der Waals surface area contributed by atoms with E-state index in [1.165, 1.54) is 51.7 Å². The van der Waals surface area contributed by atoms with Crippen LogP contribution in [0.3, 0.4) is 0 Å². The Bertz CT molecular complexity index is 101. The van der Waals surface area contributed by atoms with Gasteiger partial charge in [-0.05, 0) is 45.4 Å². The molecule has 1 fully saturated rings. The molecule has 0 spiro atoms. The first-order valence-electron chi connectivity index (χ1n) is 5.01. The molecule has 72 valence electrons. The number of hydrogen-bond acceptors (Lipinski definition) is 3. The van der Waals surface area contributed by atoms with Crippen molar-refractivity contribution in [3.8, 4) is 0 Å². The molecule has 1 aliphatic rings. The maximum absolute atomic E-state index is 4.68. The van der Waals surface area contributed by atoms with Gasteiger partial charge < -0.3 is 22.4 Å². The first-order valence-corrected chi connectivity index (χ1v) is 5.41. The van der Waals surface area contributed by atoms with E-state index in [0.29, 0.717) is 0 Å². The highest BCUT2D eigenvalue weighted by Crippen LogP contribution is 2.09. The highest BCUT2D eigenvalue weighted by molar-refractivity contribution is 7.56. The van der Waals surface area contributed by atoms with Gasteiger partial charge in [-0.15, -0.1) is 0 Å². The van der Waals surface area contributed by atoms with Crippen LogP contribution in [0, 0.1) is 0 Å². The molecule has 0 atom stereocenters. The molecule has 1 heterocycles. The Kier molecular flexibility index (Phi) is 5.82. The fourth-order valence-electron chi connectivity index (χ4n) is 1.73. The normalized spacial score (nSPS) is 20.8. The molecule has 12 heavy (non-hydrogen) atoms. The summed E-state index contributed by atoms with van der Waals surface area (Å²) in [6.45, 7) is 4.81. The van der Waals surface area contributed by atoms with Crippen LogP contribution in [0.1, 0.15) is 32.1 Å². The maximum Gasteiger partial charge on any atom is -0.000725 e. The molecule has 1 saturated heterocycles. The zero-order chi connectivity index (χ0) is 8.65. The van der Waals surface area contributed by atoms with Crippen LogP contribution in [-0.4, -0.2) is 31.1 Å². The molecule has 0 aromatic rings. The molecule has 0 radical (unpaired) electrons. The lowest BCUT2D eigenvalue weighted by molar-refractivity contribution is 0.282. The Hall–Kier alpha value is 0.270. The molecule has 0 aliphatic carbocycles. The van der Waals surface area contributed by atoms with Crippen molar-refractivity contribution >= 4 is 12.8 Å². The summed E-state index contributed by atoms with van der Waals surface area (Å²) >= 11 is 4.68. The molecule has 0 aromatic carbocycles. The van der Waals surface area contributed by atoms with E-state index in [-0.39, 0.29) is 0 Å². The highest BCUT2D eigenvalue weighted by atomic mass is 32.1. The number of hydrogen-bond donors (Lipinski definition) is 1. The fourth-order valence-corrected chi connectivity index (χ4v) is 1.88. The lowest BCUT2D eigenvalue weighted by Gasteiger charge is -2.20. The number of nitrogens with one attached hydrogen (secondary N) is 1. The van der Waals surface area contributed by atoms with Crippen molar-refractivity contribution in [3.63, 3.8) is 0 Å². The van der Waals surface area contributed by atoms with Gasteiger partial charge in [0.25, 0.3) is 0 Å².